The van der Waals surface area contributed by atoms with Gasteiger partial charge in [0.05, 0.1) is 5.92 Å². The van der Waals surface area contributed by atoms with Gasteiger partial charge >= 0.3 is 0 Å². The molecule has 1 unspecified atom stereocenters. The molecule has 3 amide bonds. The predicted octanol–water partition coefficient (Wildman–Crippen LogP) is 1.75. The van der Waals surface area contributed by atoms with Crippen molar-refractivity contribution in [1.82, 2.24) is 15.2 Å². The normalized spacial score (nSPS) is 18.1. The number of para-hydroxylation sites is 1. The highest BCUT2D eigenvalue weighted by atomic mass is 16.2. The third-order valence-electron chi connectivity index (χ3n) is 5.67. The molecule has 150 valence electrons. The highest BCUT2D eigenvalue weighted by Crippen LogP contribution is 2.37. The molecule has 1 aromatic heterocycles. The molecule has 0 bridgehead atoms. The van der Waals surface area contributed by atoms with Gasteiger partial charge in [0.2, 0.25) is 17.7 Å². The number of pyridine rings is 1. The first kappa shape index (κ1) is 19.1. The molecule has 4 rings (SSSR count). The largest absolute Gasteiger partial charge is 0.352 e. The zero-order valence-corrected chi connectivity index (χ0v) is 16.6. The Labute approximate surface area is 169 Å². The van der Waals surface area contributed by atoms with Gasteiger partial charge in [0.15, 0.2) is 0 Å². The predicted molar refractivity (Wildman–Crippen MR) is 108 cm³/mol. The fourth-order valence-electron chi connectivity index (χ4n) is 4.07. The molecule has 0 fully saturated rings. The number of nitrogens with zero attached hydrogens (tertiary/aromatic N) is 3. The molecule has 0 spiro atoms. The fraction of sp³-hybridized carbons (Fsp3) is 0.364. The molecule has 29 heavy (non-hydrogen) atoms. The summed E-state index contributed by atoms with van der Waals surface area (Å²) in [6, 6.07) is 9.62. The van der Waals surface area contributed by atoms with Crippen molar-refractivity contribution in [3.8, 4) is 0 Å². The van der Waals surface area contributed by atoms with E-state index in [1.54, 1.807) is 18.1 Å². The Hall–Kier alpha value is -3.22. The minimum absolute atomic E-state index is 0.0168. The summed E-state index contributed by atoms with van der Waals surface area (Å²) in [6.45, 7) is 2.96. The second-order valence-corrected chi connectivity index (χ2v) is 7.64. The molecule has 0 radical (unpaired) electrons. The summed E-state index contributed by atoms with van der Waals surface area (Å²) in [4.78, 5) is 44.9. The third-order valence-corrected chi connectivity index (χ3v) is 5.67. The van der Waals surface area contributed by atoms with Crippen LogP contribution >= 0.6 is 0 Å². The number of carbonyl (C=O) groups excluding carboxylic acids is 3. The van der Waals surface area contributed by atoms with Crippen LogP contribution in [0.4, 0.5) is 5.69 Å². The molecule has 2 aliphatic heterocycles. The smallest absolute Gasteiger partial charge is 0.231 e. The van der Waals surface area contributed by atoms with Gasteiger partial charge in [-0.3, -0.25) is 19.4 Å². The van der Waals surface area contributed by atoms with Crippen LogP contribution in [0.15, 0.2) is 36.5 Å². The van der Waals surface area contributed by atoms with Gasteiger partial charge < -0.3 is 15.1 Å². The minimum Gasteiger partial charge on any atom is -0.352 e. The summed E-state index contributed by atoms with van der Waals surface area (Å²) < 4.78 is 0. The zero-order chi connectivity index (χ0) is 20.5. The third kappa shape index (κ3) is 3.72. The lowest BCUT2D eigenvalue weighted by Gasteiger charge is -2.35. The Morgan fingerprint density at radius 1 is 1.28 bits per heavy atom. The first-order valence-corrected chi connectivity index (χ1v) is 9.79. The average Bonchev–Trinajstić information content (AvgIpc) is 2.73. The topological polar surface area (TPSA) is 82.6 Å². The molecule has 2 aromatic rings. The van der Waals surface area contributed by atoms with Gasteiger partial charge in [-0.05, 0) is 28.8 Å². The highest BCUT2D eigenvalue weighted by Gasteiger charge is 2.36. The maximum atomic E-state index is 13.4. The standard InChI is InChI=1S/C22H24N4O3/c1-14(27)23-11-15-9-16-13-26(8-7-19(16)24-12-15)22(29)18-10-21(28)25(2)20-6-4-3-5-17(18)20/h3-6,9,12,18H,7-8,10-11,13H2,1-2H3,(H,23,27). The van der Waals surface area contributed by atoms with Crippen LogP contribution in [-0.4, -0.2) is 41.2 Å². The van der Waals surface area contributed by atoms with E-state index in [2.05, 4.69) is 10.3 Å². The van der Waals surface area contributed by atoms with Gasteiger partial charge in [-0.25, -0.2) is 0 Å². The number of hydrogen-bond acceptors (Lipinski definition) is 4. The molecular weight excluding hydrogens is 368 g/mol. The van der Waals surface area contributed by atoms with E-state index in [1.807, 2.05) is 35.2 Å². The van der Waals surface area contributed by atoms with E-state index in [1.165, 1.54) is 6.92 Å². The van der Waals surface area contributed by atoms with Gasteiger partial charge in [-0.2, -0.15) is 0 Å². The maximum Gasteiger partial charge on any atom is 0.231 e. The van der Waals surface area contributed by atoms with E-state index in [0.29, 0.717) is 26.1 Å². The lowest BCUT2D eigenvalue weighted by molar-refractivity contribution is -0.136. The zero-order valence-electron chi connectivity index (χ0n) is 16.6. The molecule has 0 aliphatic carbocycles. The quantitative estimate of drug-likeness (QED) is 0.863. The lowest BCUT2D eigenvalue weighted by atomic mass is 9.88. The van der Waals surface area contributed by atoms with Crippen molar-refractivity contribution in [2.45, 2.75) is 38.8 Å². The molecular formula is C22H24N4O3. The van der Waals surface area contributed by atoms with E-state index in [0.717, 1.165) is 28.1 Å². The molecule has 3 heterocycles. The van der Waals surface area contributed by atoms with Crippen molar-refractivity contribution in [3.63, 3.8) is 0 Å². The van der Waals surface area contributed by atoms with Crippen molar-refractivity contribution < 1.29 is 14.4 Å². The van der Waals surface area contributed by atoms with Crippen LogP contribution in [0, 0.1) is 0 Å². The fourth-order valence-corrected chi connectivity index (χ4v) is 4.07. The van der Waals surface area contributed by atoms with Crippen LogP contribution in [0.1, 0.15) is 41.6 Å². The van der Waals surface area contributed by atoms with Crippen LogP contribution in [0.25, 0.3) is 0 Å². The summed E-state index contributed by atoms with van der Waals surface area (Å²) in [5.41, 5.74) is 4.61. The van der Waals surface area contributed by atoms with Crippen LogP contribution < -0.4 is 10.2 Å². The van der Waals surface area contributed by atoms with E-state index >= 15 is 0 Å². The van der Waals surface area contributed by atoms with Gasteiger partial charge in [0.25, 0.3) is 0 Å². The summed E-state index contributed by atoms with van der Waals surface area (Å²) in [7, 11) is 1.75. The molecule has 0 saturated carbocycles. The number of rotatable bonds is 3. The van der Waals surface area contributed by atoms with Crippen LogP contribution in [0.3, 0.4) is 0 Å². The van der Waals surface area contributed by atoms with Gasteiger partial charge in [-0.1, -0.05) is 18.2 Å². The Morgan fingerprint density at radius 3 is 2.86 bits per heavy atom. The summed E-state index contributed by atoms with van der Waals surface area (Å²) in [6.07, 6.45) is 2.65. The monoisotopic (exact) mass is 392 g/mol. The van der Waals surface area contributed by atoms with Gasteiger partial charge in [0.1, 0.15) is 0 Å². The Balaban J connectivity index is 1.55. The number of hydrogen-bond donors (Lipinski definition) is 1. The second kappa shape index (κ2) is 7.66. The Kier molecular flexibility index (Phi) is 5.05. The second-order valence-electron chi connectivity index (χ2n) is 7.64. The highest BCUT2D eigenvalue weighted by molar-refractivity contribution is 6.02. The number of amides is 3. The van der Waals surface area contributed by atoms with E-state index in [9.17, 15) is 14.4 Å². The van der Waals surface area contributed by atoms with Crippen molar-refractivity contribution in [2.75, 3.05) is 18.5 Å². The molecule has 1 atom stereocenters. The Bertz CT molecular complexity index is 988. The Morgan fingerprint density at radius 2 is 2.07 bits per heavy atom. The number of aromatic nitrogens is 1. The minimum atomic E-state index is -0.452. The number of fused-ring (bicyclic) bond motifs is 2. The average molecular weight is 392 g/mol. The summed E-state index contributed by atoms with van der Waals surface area (Å²) in [5.74, 6) is -0.604. The van der Waals surface area contributed by atoms with Crippen LogP contribution in [-0.2, 0) is 33.9 Å². The molecule has 7 nitrogen and oxygen atoms in total. The van der Waals surface area contributed by atoms with Gasteiger partial charge in [-0.15, -0.1) is 0 Å². The van der Waals surface area contributed by atoms with E-state index in [-0.39, 0.29) is 24.1 Å². The van der Waals surface area contributed by atoms with Crippen molar-refractivity contribution in [1.29, 1.82) is 0 Å². The number of anilines is 1. The molecule has 7 heteroatoms. The van der Waals surface area contributed by atoms with E-state index < -0.39 is 5.92 Å². The first-order valence-electron chi connectivity index (χ1n) is 9.79. The van der Waals surface area contributed by atoms with E-state index in [4.69, 9.17) is 0 Å². The SMILES string of the molecule is CC(=O)NCc1cnc2c(c1)CN(C(=O)C1CC(=O)N(C)c3ccccc31)CC2. The van der Waals surface area contributed by atoms with Gasteiger partial charge in [0, 0.05) is 64.0 Å². The number of benzene rings is 1. The van der Waals surface area contributed by atoms with Crippen molar-refractivity contribution in [2.24, 2.45) is 0 Å². The molecule has 2 aliphatic rings. The molecule has 1 aromatic carbocycles. The van der Waals surface area contributed by atoms with Crippen LogP contribution in [0.5, 0.6) is 0 Å². The number of nitrogens with one attached hydrogen (secondary N) is 1. The van der Waals surface area contributed by atoms with Crippen molar-refractivity contribution >= 4 is 23.4 Å². The molecule has 1 N–H and O–H groups in total. The molecule has 0 saturated heterocycles. The van der Waals surface area contributed by atoms with Crippen molar-refractivity contribution in [3.05, 3.63) is 58.9 Å². The summed E-state index contributed by atoms with van der Waals surface area (Å²) in [5, 5.41) is 2.77. The maximum absolute atomic E-state index is 13.4. The summed E-state index contributed by atoms with van der Waals surface area (Å²) >= 11 is 0. The number of carbonyl (C=O) groups is 3. The van der Waals surface area contributed by atoms with Crippen LogP contribution in [0.2, 0.25) is 0 Å². The lowest BCUT2D eigenvalue weighted by Crippen LogP contribution is -2.43. The first-order chi connectivity index (χ1) is 13.9.